The molecule has 158 valence electrons. The molecule has 3 aliphatic rings. The van der Waals surface area contributed by atoms with Crippen molar-refractivity contribution in [2.45, 2.75) is 25.4 Å². The molecule has 0 aliphatic carbocycles. The Bertz CT molecular complexity index is 772. The van der Waals surface area contributed by atoms with Crippen LogP contribution in [0.2, 0.25) is 0 Å². The van der Waals surface area contributed by atoms with Crippen molar-refractivity contribution in [1.29, 1.82) is 0 Å². The fourth-order valence-electron chi connectivity index (χ4n) is 4.22. The van der Waals surface area contributed by atoms with E-state index in [1.165, 1.54) is 0 Å². The van der Waals surface area contributed by atoms with Crippen molar-refractivity contribution in [2.24, 2.45) is 11.7 Å². The van der Waals surface area contributed by atoms with E-state index in [1.807, 2.05) is 6.07 Å². The summed E-state index contributed by atoms with van der Waals surface area (Å²) >= 11 is 0. The van der Waals surface area contributed by atoms with Crippen LogP contribution in [0.5, 0.6) is 0 Å². The van der Waals surface area contributed by atoms with Gasteiger partial charge in [-0.2, -0.15) is 0 Å². The molecule has 5 N–H and O–H groups in total. The lowest BCUT2D eigenvalue weighted by Gasteiger charge is -2.36. The maximum Gasteiger partial charge on any atom is 0.233 e. The van der Waals surface area contributed by atoms with E-state index in [1.54, 1.807) is 29.2 Å². The molecule has 4 atom stereocenters. The van der Waals surface area contributed by atoms with Crippen molar-refractivity contribution in [3.8, 4) is 0 Å². The number of hydrogen-bond donors (Lipinski definition) is 4. The average molecular weight is 406 g/mol. The summed E-state index contributed by atoms with van der Waals surface area (Å²) < 4.78 is 13.6. The van der Waals surface area contributed by atoms with Gasteiger partial charge in [-0.3, -0.25) is 19.9 Å². The molecular weight excluding hydrogens is 379 g/mol. The van der Waals surface area contributed by atoms with Gasteiger partial charge in [0, 0.05) is 52.4 Å². The molecule has 0 saturated carbocycles. The minimum absolute atomic E-state index is 0.0654. The molecule has 4 heterocycles. The SMILES string of the molecule is CC(=O)N1CCN(c2ccncc2NC(=O)C2C(N)NN3CC(F)CNC23)CC1. The summed E-state index contributed by atoms with van der Waals surface area (Å²) in [6, 6.07) is 1.85. The first-order valence-electron chi connectivity index (χ1n) is 9.85. The number of anilines is 2. The van der Waals surface area contributed by atoms with Gasteiger partial charge in [0.25, 0.3) is 0 Å². The van der Waals surface area contributed by atoms with Crippen molar-refractivity contribution in [3.63, 3.8) is 0 Å². The molecule has 0 spiro atoms. The zero-order valence-electron chi connectivity index (χ0n) is 16.3. The summed E-state index contributed by atoms with van der Waals surface area (Å²) in [7, 11) is 0. The molecule has 1 aromatic heterocycles. The number of nitrogens with two attached hydrogens (primary N) is 1. The number of piperazine rings is 1. The number of hydrazine groups is 1. The number of rotatable bonds is 3. The fraction of sp³-hybridized carbons (Fsp3) is 0.611. The zero-order valence-corrected chi connectivity index (χ0v) is 16.3. The molecule has 3 aliphatic heterocycles. The van der Waals surface area contributed by atoms with E-state index in [4.69, 9.17) is 5.73 Å². The number of amides is 2. The standard InChI is InChI=1S/C18H27FN8O2/c1-11(28)25-4-6-26(7-5-25)14-2-3-21-9-13(14)23-18(29)15-16(20)24-27-10-12(19)8-22-17(15)27/h2-3,9,12,15-17,22,24H,4-8,10,20H2,1H3,(H,23,29). The first-order valence-corrected chi connectivity index (χ1v) is 9.85. The summed E-state index contributed by atoms with van der Waals surface area (Å²) in [5, 5.41) is 7.67. The van der Waals surface area contributed by atoms with Crippen LogP contribution in [0.15, 0.2) is 18.5 Å². The van der Waals surface area contributed by atoms with Crippen LogP contribution in [0.4, 0.5) is 15.8 Å². The molecule has 3 saturated heterocycles. The summed E-state index contributed by atoms with van der Waals surface area (Å²) in [6.45, 7) is 4.56. The van der Waals surface area contributed by atoms with E-state index in [-0.39, 0.29) is 31.1 Å². The van der Waals surface area contributed by atoms with Crippen molar-refractivity contribution in [1.82, 2.24) is 25.6 Å². The number of fused-ring (bicyclic) bond motifs is 1. The number of nitrogens with one attached hydrogen (secondary N) is 3. The summed E-state index contributed by atoms with van der Waals surface area (Å²) in [5.41, 5.74) is 10.6. The van der Waals surface area contributed by atoms with Crippen LogP contribution in [0.1, 0.15) is 6.92 Å². The molecule has 1 aromatic rings. The Morgan fingerprint density at radius 2 is 2.07 bits per heavy atom. The molecule has 0 aromatic carbocycles. The van der Waals surface area contributed by atoms with E-state index in [0.29, 0.717) is 31.9 Å². The molecule has 4 rings (SSSR count). The number of carbonyl (C=O) groups is 2. The molecule has 29 heavy (non-hydrogen) atoms. The lowest BCUT2D eigenvalue weighted by Crippen LogP contribution is -2.58. The second-order valence-corrected chi connectivity index (χ2v) is 7.66. The van der Waals surface area contributed by atoms with E-state index in [0.717, 1.165) is 5.69 Å². The number of hydrogen-bond acceptors (Lipinski definition) is 8. The van der Waals surface area contributed by atoms with Crippen LogP contribution < -0.4 is 26.7 Å². The third kappa shape index (κ3) is 4.04. The minimum Gasteiger partial charge on any atom is -0.366 e. The summed E-state index contributed by atoms with van der Waals surface area (Å²) in [4.78, 5) is 32.7. The maximum absolute atomic E-state index is 13.6. The number of aromatic nitrogens is 1. The molecule has 2 amide bonds. The van der Waals surface area contributed by atoms with Crippen LogP contribution in [0, 0.1) is 5.92 Å². The molecule has 11 heteroatoms. The normalized spacial score (nSPS) is 30.2. The quantitative estimate of drug-likeness (QED) is 0.488. The molecule has 4 unspecified atom stereocenters. The van der Waals surface area contributed by atoms with E-state index >= 15 is 0 Å². The Balaban J connectivity index is 1.46. The monoisotopic (exact) mass is 406 g/mol. The lowest BCUT2D eigenvalue weighted by atomic mass is 10.0. The maximum atomic E-state index is 13.6. The van der Waals surface area contributed by atoms with Crippen LogP contribution in [0.25, 0.3) is 0 Å². The van der Waals surface area contributed by atoms with Crippen molar-refractivity contribution in [3.05, 3.63) is 18.5 Å². The first-order chi connectivity index (χ1) is 13.9. The van der Waals surface area contributed by atoms with E-state index in [2.05, 4.69) is 25.9 Å². The van der Waals surface area contributed by atoms with Gasteiger partial charge in [0.05, 0.1) is 35.8 Å². The average Bonchev–Trinajstić information content (AvgIpc) is 3.03. The summed E-state index contributed by atoms with van der Waals surface area (Å²) in [6.07, 6.45) is 1.30. The Labute approximate surface area is 168 Å². The molecule has 0 bridgehead atoms. The Hall–Kier alpha value is -2.34. The van der Waals surface area contributed by atoms with Crippen LogP contribution in [-0.2, 0) is 9.59 Å². The highest BCUT2D eigenvalue weighted by Crippen LogP contribution is 2.28. The van der Waals surface area contributed by atoms with Gasteiger partial charge in [-0.15, -0.1) is 0 Å². The Morgan fingerprint density at radius 3 is 2.79 bits per heavy atom. The fourth-order valence-corrected chi connectivity index (χ4v) is 4.22. The lowest BCUT2D eigenvalue weighted by molar-refractivity contribution is -0.129. The largest absolute Gasteiger partial charge is 0.366 e. The summed E-state index contributed by atoms with van der Waals surface area (Å²) in [5.74, 6) is -0.764. The van der Waals surface area contributed by atoms with Crippen molar-refractivity contribution in [2.75, 3.05) is 49.5 Å². The highest BCUT2D eigenvalue weighted by Gasteiger charge is 2.47. The Morgan fingerprint density at radius 1 is 1.31 bits per heavy atom. The van der Waals surface area contributed by atoms with Gasteiger partial charge < -0.3 is 20.9 Å². The third-order valence-electron chi connectivity index (χ3n) is 5.75. The zero-order chi connectivity index (χ0) is 20.5. The number of alkyl halides is 1. The van der Waals surface area contributed by atoms with Crippen LogP contribution in [-0.4, -0.2) is 84.5 Å². The van der Waals surface area contributed by atoms with Crippen molar-refractivity contribution < 1.29 is 14.0 Å². The second kappa shape index (κ2) is 8.19. The number of nitrogens with zero attached hydrogens (tertiary/aromatic N) is 4. The third-order valence-corrected chi connectivity index (χ3v) is 5.75. The van der Waals surface area contributed by atoms with Gasteiger partial charge >= 0.3 is 0 Å². The molecule has 10 nitrogen and oxygen atoms in total. The van der Waals surface area contributed by atoms with Crippen LogP contribution in [0.3, 0.4) is 0 Å². The van der Waals surface area contributed by atoms with Crippen LogP contribution >= 0.6 is 0 Å². The predicted molar refractivity (Wildman–Crippen MR) is 105 cm³/mol. The van der Waals surface area contributed by atoms with Gasteiger partial charge in [0.15, 0.2) is 0 Å². The van der Waals surface area contributed by atoms with Gasteiger partial charge in [-0.05, 0) is 6.07 Å². The Kier molecular flexibility index (Phi) is 5.63. The molecular formula is C18H27FN8O2. The van der Waals surface area contributed by atoms with E-state index in [9.17, 15) is 14.0 Å². The minimum atomic E-state index is -1.01. The predicted octanol–water partition coefficient (Wildman–Crippen LogP) is -1.32. The number of pyridine rings is 1. The van der Waals surface area contributed by atoms with Gasteiger partial charge in [0.1, 0.15) is 6.17 Å². The highest BCUT2D eigenvalue weighted by atomic mass is 19.1. The smallest absolute Gasteiger partial charge is 0.233 e. The first kappa shape index (κ1) is 20.0. The molecule has 0 radical (unpaired) electrons. The van der Waals surface area contributed by atoms with Gasteiger partial charge in [-0.25, -0.2) is 14.8 Å². The number of halogens is 1. The number of carbonyl (C=O) groups excluding carboxylic acids is 2. The van der Waals surface area contributed by atoms with E-state index < -0.39 is 18.3 Å². The highest BCUT2D eigenvalue weighted by molar-refractivity contribution is 5.96. The van der Waals surface area contributed by atoms with Gasteiger partial charge in [-0.1, -0.05) is 0 Å². The van der Waals surface area contributed by atoms with Gasteiger partial charge in [0.2, 0.25) is 11.8 Å². The topological polar surface area (TPSA) is 119 Å². The van der Waals surface area contributed by atoms with Crippen molar-refractivity contribution >= 4 is 23.2 Å². The molecule has 3 fully saturated rings. The second-order valence-electron chi connectivity index (χ2n) is 7.66.